The minimum atomic E-state index is 0.303. The average Bonchev–Trinajstić information content (AvgIpc) is 3.10. The molecule has 0 fully saturated rings. The standard InChI is InChI=1S/C16H18BrN3S/c1-2-8-18-14(16-12(17)7-9-21-16)10-20-11-19-13-5-3-4-6-15(13)20/h3-7,9,11,14,18H,2,8,10H2,1H3. The number of halogens is 1. The molecule has 1 atom stereocenters. The average molecular weight is 364 g/mol. The fourth-order valence-corrected chi connectivity index (χ4v) is 4.18. The number of aromatic nitrogens is 2. The van der Waals surface area contributed by atoms with Crippen molar-refractivity contribution in [2.75, 3.05) is 6.54 Å². The summed E-state index contributed by atoms with van der Waals surface area (Å²) in [5.41, 5.74) is 2.24. The Hall–Kier alpha value is -1.17. The SMILES string of the molecule is CCCNC(Cn1cnc2ccccc21)c1sccc1Br. The monoisotopic (exact) mass is 363 g/mol. The molecule has 0 radical (unpaired) electrons. The molecule has 0 amide bonds. The second kappa shape index (κ2) is 6.73. The number of para-hydroxylation sites is 2. The van der Waals surface area contributed by atoms with Crippen molar-refractivity contribution in [3.8, 4) is 0 Å². The molecule has 5 heteroatoms. The topological polar surface area (TPSA) is 29.9 Å². The zero-order chi connectivity index (χ0) is 14.7. The van der Waals surface area contributed by atoms with E-state index >= 15 is 0 Å². The predicted molar refractivity (Wildman–Crippen MR) is 92.8 cm³/mol. The van der Waals surface area contributed by atoms with Crippen LogP contribution in [0.1, 0.15) is 24.3 Å². The van der Waals surface area contributed by atoms with Crippen LogP contribution in [0.15, 0.2) is 46.5 Å². The van der Waals surface area contributed by atoms with Crippen molar-refractivity contribution < 1.29 is 0 Å². The molecule has 0 spiro atoms. The molecule has 0 aliphatic rings. The number of nitrogens with zero attached hydrogens (tertiary/aromatic N) is 2. The lowest BCUT2D eigenvalue weighted by Crippen LogP contribution is -2.25. The van der Waals surface area contributed by atoms with E-state index in [1.165, 1.54) is 14.9 Å². The Morgan fingerprint density at radius 3 is 2.95 bits per heavy atom. The molecule has 0 aliphatic heterocycles. The number of hydrogen-bond donors (Lipinski definition) is 1. The highest BCUT2D eigenvalue weighted by Crippen LogP contribution is 2.30. The van der Waals surface area contributed by atoms with Gasteiger partial charge in [0.15, 0.2) is 0 Å². The van der Waals surface area contributed by atoms with Gasteiger partial charge in [0.25, 0.3) is 0 Å². The Morgan fingerprint density at radius 2 is 2.19 bits per heavy atom. The molecule has 0 aliphatic carbocycles. The van der Waals surface area contributed by atoms with Crippen molar-refractivity contribution in [1.82, 2.24) is 14.9 Å². The second-order valence-electron chi connectivity index (χ2n) is 5.03. The van der Waals surface area contributed by atoms with Crippen LogP contribution in [0.3, 0.4) is 0 Å². The molecule has 110 valence electrons. The van der Waals surface area contributed by atoms with Gasteiger partial charge >= 0.3 is 0 Å². The Labute approximate surface area is 137 Å². The smallest absolute Gasteiger partial charge is 0.0958 e. The van der Waals surface area contributed by atoms with Gasteiger partial charge in [-0.05, 0) is 52.5 Å². The van der Waals surface area contributed by atoms with E-state index in [4.69, 9.17) is 0 Å². The van der Waals surface area contributed by atoms with Gasteiger partial charge in [0.2, 0.25) is 0 Å². The maximum Gasteiger partial charge on any atom is 0.0958 e. The Kier molecular flexibility index (Phi) is 4.73. The molecular formula is C16H18BrN3S. The Bertz CT molecular complexity index is 719. The number of rotatable bonds is 6. The molecule has 3 rings (SSSR count). The highest BCUT2D eigenvalue weighted by molar-refractivity contribution is 9.10. The van der Waals surface area contributed by atoms with Crippen molar-refractivity contribution in [3.63, 3.8) is 0 Å². The second-order valence-corrected chi connectivity index (χ2v) is 6.83. The van der Waals surface area contributed by atoms with Crippen LogP contribution in [-0.2, 0) is 6.54 Å². The van der Waals surface area contributed by atoms with Gasteiger partial charge in [-0.3, -0.25) is 0 Å². The van der Waals surface area contributed by atoms with E-state index in [2.05, 4.69) is 67.4 Å². The van der Waals surface area contributed by atoms with Crippen molar-refractivity contribution >= 4 is 38.3 Å². The molecule has 1 aromatic carbocycles. The quantitative estimate of drug-likeness (QED) is 0.693. The van der Waals surface area contributed by atoms with Crippen LogP contribution in [0.5, 0.6) is 0 Å². The first-order valence-corrected chi connectivity index (χ1v) is 8.83. The molecule has 0 saturated heterocycles. The summed E-state index contributed by atoms with van der Waals surface area (Å²) in [5.74, 6) is 0. The maximum atomic E-state index is 4.48. The van der Waals surface area contributed by atoms with Gasteiger partial charge in [0, 0.05) is 15.9 Å². The summed E-state index contributed by atoms with van der Waals surface area (Å²) >= 11 is 5.45. The summed E-state index contributed by atoms with van der Waals surface area (Å²) in [4.78, 5) is 5.83. The summed E-state index contributed by atoms with van der Waals surface area (Å²) in [7, 11) is 0. The summed E-state index contributed by atoms with van der Waals surface area (Å²) in [6.07, 6.45) is 3.07. The maximum absolute atomic E-state index is 4.48. The minimum absolute atomic E-state index is 0.303. The van der Waals surface area contributed by atoms with Gasteiger partial charge in [-0.15, -0.1) is 11.3 Å². The van der Waals surface area contributed by atoms with Crippen LogP contribution in [0, 0.1) is 0 Å². The minimum Gasteiger partial charge on any atom is -0.329 e. The van der Waals surface area contributed by atoms with Crippen LogP contribution >= 0.6 is 27.3 Å². The lowest BCUT2D eigenvalue weighted by Gasteiger charge is -2.19. The molecule has 2 heterocycles. The molecule has 1 unspecified atom stereocenters. The van der Waals surface area contributed by atoms with Crippen molar-refractivity contribution in [1.29, 1.82) is 0 Å². The molecule has 2 aromatic heterocycles. The van der Waals surface area contributed by atoms with E-state index in [0.29, 0.717) is 6.04 Å². The normalized spacial score (nSPS) is 12.9. The van der Waals surface area contributed by atoms with Crippen LogP contribution in [-0.4, -0.2) is 16.1 Å². The molecule has 0 bridgehead atoms. The summed E-state index contributed by atoms with van der Waals surface area (Å²) in [6, 6.07) is 10.7. The van der Waals surface area contributed by atoms with Crippen LogP contribution in [0.25, 0.3) is 11.0 Å². The van der Waals surface area contributed by atoms with Gasteiger partial charge in [-0.1, -0.05) is 19.1 Å². The molecule has 0 saturated carbocycles. The zero-order valence-corrected chi connectivity index (χ0v) is 14.3. The van der Waals surface area contributed by atoms with Crippen molar-refractivity contribution in [2.24, 2.45) is 0 Å². The largest absolute Gasteiger partial charge is 0.329 e. The third-order valence-electron chi connectivity index (χ3n) is 3.51. The first kappa shape index (κ1) is 14.8. The fraction of sp³-hybridized carbons (Fsp3) is 0.312. The van der Waals surface area contributed by atoms with Gasteiger partial charge < -0.3 is 9.88 Å². The van der Waals surface area contributed by atoms with E-state index in [1.807, 2.05) is 12.4 Å². The lowest BCUT2D eigenvalue weighted by molar-refractivity contribution is 0.474. The number of imidazole rings is 1. The first-order chi connectivity index (χ1) is 10.3. The van der Waals surface area contributed by atoms with Crippen molar-refractivity contribution in [2.45, 2.75) is 25.9 Å². The van der Waals surface area contributed by atoms with Gasteiger partial charge in [0.1, 0.15) is 0 Å². The van der Waals surface area contributed by atoms with Crippen LogP contribution < -0.4 is 5.32 Å². The Morgan fingerprint density at radius 1 is 1.33 bits per heavy atom. The highest BCUT2D eigenvalue weighted by atomic mass is 79.9. The molecule has 1 N–H and O–H groups in total. The summed E-state index contributed by atoms with van der Waals surface area (Å²) in [6.45, 7) is 4.10. The number of nitrogens with one attached hydrogen (secondary N) is 1. The van der Waals surface area contributed by atoms with Gasteiger partial charge in [-0.25, -0.2) is 4.98 Å². The van der Waals surface area contributed by atoms with Crippen LogP contribution in [0.4, 0.5) is 0 Å². The van der Waals surface area contributed by atoms with Gasteiger partial charge in [-0.2, -0.15) is 0 Å². The van der Waals surface area contributed by atoms with Crippen molar-refractivity contribution in [3.05, 3.63) is 51.4 Å². The van der Waals surface area contributed by atoms with E-state index in [9.17, 15) is 0 Å². The molecule has 3 aromatic rings. The lowest BCUT2D eigenvalue weighted by atomic mass is 10.2. The third kappa shape index (κ3) is 3.20. The van der Waals surface area contributed by atoms with E-state index < -0.39 is 0 Å². The predicted octanol–water partition coefficient (Wildman–Crippen LogP) is 4.60. The molecule has 3 nitrogen and oxygen atoms in total. The van der Waals surface area contributed by atoms with E-state index in [-0.39, 0.29) is 0 Å². The highest BCUT2D eigenvalue weighted by Gasteiger charge is 2.17. The third-order valence-corrected chi connectivity index (χ3v) is 5.49. The number of thiophene rings is 1. The fourth-order valence-electron chi connectivity index (χ4n) is 2.47. The summed E-state index contributed by atoms with van der Waals surface area (Å²) < 4.78 is 3.42. The van der Waals surface area contributed by atoms with Crippen LogP contribution in [0.2, 0.25) is 0 Å². The van der Waals surface area contributed by atoms with E-state index in [1.54, 1.807) is 11.3 Å². The van der Waals surface area contributed by atoms with Gasteiger partial charge in [0.05, 0.1) is 23.4 Å². The first-order valence-electron chi connectivity index (χ1n) is 7.15. The number of hydrogen-bond acceptors (Lipinski definition) is 3. The van der Waals surface area contributed by atoms with E-state index in [0.717, 1.165) is 25.0 Å². The molecular weight excluding hydrogens is 346 g/mol. The zero-order valence-electron chi connectivity index (χ0n) is 11.9. The number of fused-ring (bicyclic) bond motifs is 1. The Balaban J connectivity index is 1.89. The number of benzene rings is 1. The summed E-state index contributed by atoms with van der Waals surface area (Å²) in [5, 5.41) is 5.78. The molecule has 21 heavy (non-hydrogen) atoms.